The molecule has 94 valence electrons. The van der Waals surface area contributed by atoms with Crippen LogP contribution < -0.4 is 0 Å². The first-order valence-corrected chi connectivity index (χ1v) is 8.48. The molecule has 1 heterocycles. The molecule has 0 spiro atoms. The summed E-state index contributed by atoms with van der Waals surface area (Å²) in [4.78, 5) is 0. The molecule has 0 aromatic heterocycles. The van der Waals surface area contributed by atoms with Crippen LogP contribution in [0.25, 0.3) is 0 Å². The van der Waals surface area contributed by atoms with E-state index in [2.05, 4.69) is 24.3 Å². The van der Waals surface area contributed by atoms with Gasteiger partial charge in [0.25, 0.3) is 0 Å². The van der Waals surface area contributed by atoms with Crippen molar-refractivity contribution in [3.05, 3.63) is 35.9 Å². The molecule has 0 amide bonds. The minimum absolute atomic E-state index is 0.584. The van der Waals surface area contributed by atoms with Crippen LogP contribution >= 0.6 is 7.37 Å². The Bertz CT molecular complexity index is 376. The van der Waals surface area contributed by atoms with E-state index in [1.807, 2.05) is 13.0 Å². The average molecular weight is 252 g/mol. The summed E-state index contributed by atoms with van der Waals surface area (Å²) < 4.78 is 17.6. The van der Waals surface area contributed by atoms with E-state index >= 15 is 0 Å². The summed E-state index contributed by atoms with van der Waals surface area (Å²) in [5, 5.41) is 0. The van der Waals surface area contributed by atoms with Crippen LogP contribution in [0.2, 0.25) is 0 Å². The second-order valence-electron chi connectivity index (χ2n) is 4.81. The van der Waals surface area contributed by atoms with E-state index in [0.29, 0.717) is 12.5 Å². The molecule has 2 rings (SSSR count). The first-order valence-electron chi connectivity index (χ1n) is 6.48. The summed E-state index contributed by atoms with van der Waals surface area (Å²) in [7, 11) is -2.26. The zero-order chi connectivity index (χ0) is 12.1. The van der Waals surface area contributed by atoms with Crippen molar-refractivity contribution in [2.45, 2.75) is 26.2 Å². The molecule has 0 aliphatic carbocycles. The lowest BCUT2D eigenvalue weighted by Crippen LogP contribution is -2.17. The number of hydrogen-bond donors (Lipinski definition) is 0. The van der Waals surface area contributed by atoms with Crippen molar-refractivity contribution >= 4 is 7.37 Å². The lowest BCUT2D eigenvalue weighted by molar-refractivity contribution is 0.316. The molecule has 0 atom stereocenters. The monoisotopic (exact) mass is 252 g/mol. The maximum absolute atomic E-state index is 12.2. The van der Waals surface area contributed by atoms with Gasteiger partial charge in [-0.1, -0.05) is 30.3 Å². The minimum Gasteiger partial charge on any atom is -0.329 e. The van der Waals surface area contributed by atoms with Gasteiger partial charge in [-0.05, 0) is 37.7 Å². The van der Waals surface area contributed by atoms with E-state index in [4.69, 9.17) is 4.52 Å². The van der Waals surface area contributed by atoms with Crippen LogP contribution in [0.4, 0.5) is 0 Å². The Morgan fingerprint density at radius 3 is 2.47 bits per heavy atom. The Morgan fingerprint density at radius 2 is 1.88 bits per heavy atom. The lowest BCUT2D eigenvalue weighted by atomic mass is 9.94. The van der Waals surface area contributed by atoms with Gasteiger partial charge in [-0.3, -0.25) is 4.57 Å². The van der Waals surface area contributed by atoms with Crippen LogP contribution in [0.1, 0.15) is 25.3 Å². The largest absolute Gasteiger partial charge is 0.329 e. The molecule has 0 N–H and O–H groups in total. The van der Waals surface area contributed by atoms with Gasteiger partial charge in [0.1, 0.15) is 0 Å². The van der Waals surface area contributed by atoms with Crippen molar-refractivity contribution in [2.75, 3.05) is 18.9 Å². The maximum atomic E-state index is 12.2. The predicted molar refractivity (Wildman–Crippen MR) is 71.8 cm³/mol. The van der Waals surface area contributed by atoms with Crippen molar-refractivity contribution in [1.29, 1.82) is 0 Å². The first-order chi connectivity index (χ1) is 8.22. The normalized spacial score (nSPS) is 29.1. The molecule has 0 saturated carbocycles. The van der Waals surface area contributed by atoms with Crippen LogP contribution in [0.15, 0.2) is 30.3 Å². The van der Waals surface area contributed by atoms with Crippen LogP contribution in [-0.2, 0) is 15.5 Å². The van der Waals surface area contributed by atoms with Crippen LogP contribution in [-0.4, -0.2) is 18.9 Å². The molecule has 1 aliphatic heterocycles. The fraction of sp³-hybridized carbons (Fsp3) is 0.571. The summed E-state index contributed by atoms with van der Waals surface area (Å²) in [5.74, 6) is 0.680. The molecule has 1 fully saturated rings. The summed E-state index contributed by atoms with van der Waals surface area (Å²) in [6.45, 7) is 2.51. The Balaban J connectivity index is 1.86. The van der Waals surface area contributed by atoms with Gasteiger partial charge in [-0.25, -0.2) is 0 Å². The highest BCUT2D eigenvalue weighted by molar-refractivity contribution is 7.59. The van der Waals surface area contributed by atoms with Crippen LogP contribution in [0.3, 0.4) is 0 Å². The van der Waals surface area contributed by atoms with E-state index in [1.165, 1.54) is 5.56 Å². The van der Waals surface area contributed by atoms with Gasteiger partial charge < -0.3 is 4.52 Å². The van der Waals surface area contributed by atoms with Crippen molar-refractivity contribution < 1.29 is 9.09 Å². The van der Waals surface area contributed by atoms with Crippen molar-refractivity contribution in [3.8, 4) is 0 Å². The molecular formula is C14H21O2P. The molecule has 1 aromatic rings. The zero-order valence-corrected chi connectivity index (χ0v) is 11.4. The van der Waals surface area contributed by atoms with E-state index in [1.54, 1.807) is 0 Å². The van der Waals surface area contributed by atoms with Gasteiger partial charge in [-0.2, -0.15) is 0 Å². The Morgan fingerprint density at radius 1 is 1.24 bits per heavy atom. The Hall–Kier alpha value is -0.590. The lowest BCUT2D eigenvalue weighted by Gasteiger charge is -2.28. The van der Waals surface area contributed by atoms with Crippen molar-refractivity contribution in [1.82, 2.24) is 0 Å². The van der Waals surface area contributed by atoms with Gasteiger partial charge in [-0.15, -0.1) is 0 Å². The Kier molecular flexibility index (Phi) is 4.42. The highest BCUT2D eigenvalue weighted by Gasteiger charge is 2.30. The molecule has 1 saturated heterocycles. The molecule has 1 aliphatic rings. The molecule has 1 aromatic carbocycles. The second kappa shape index (κ2) is 5.84. The van der Waals surface area contributed by atoms with Crippen molar-refractivity contribution in [3.63, 3.8) is 0 Å². The highest BCUT2D eigenvalue weighted by atomic mass is 31.2. The quantitative estimate of drug-likeness (QED) is 0.758. The smallest absolute Gasteiger partial charge is 0.203 e. The third kappa shape index (κ3) is 3.69. The van der Waals surface area contributed by atoms with Gasteiger partial charge >= 0.3 is 0 Å². The average Bonchev–Trinajstić information content (AvgIpc) is 2.34. The van der Waals surface area contributed by atoms with Crippen molar-refractivity contribution in [2.24, 2.45) is 5.92 Å². The topological polar surface area (TPSA) is 26.3 Å². The number of rotatable bonds is 4. The van der Waals surface area contributed by atoms with Gasteiger partial charge in [0.05, 0.1) is 6.61 Å². The number of benzene rings is 1. The molecule has 0 unspecified atom stereocenters. The van der Waals surface area contributed by atoms with Gasteiger partial charge in [0, 0.05) is 12.3 Å². The summed E-state index contributed by atoms with van der Waals surface area (Å²) in [6, 6.07) is 10.6. The third-order valence-electron chi connectivity index (χ3n) is 3.49. The molecule has 17 heavy (non-hydrogen) atoms. The van der Waals surface area contributed by atoms with Gasteiger partial charge in [0.15, 0.2) is 0 Å². The molecule has 2 nitrogen and oxygen atoms in total. The number of hydrogen-bond acceptors (Lipinski definition) is 2. The van der Waals surface area contributed by atoms with E-state index in [-0.39, 0.29) is 0 Å². The second-order valence-corrected chi connectivity index (χ2v) is 7.59. The Labute approximate surface area is 104 Å². The zero-order valence-electron chi connectivity index (χ0n) is 10.5. The van der Waals surface area contributed by atoms with Crippen LogP contribution in [0.5, 0.6) is 0 Å². The fourth-order valence-corrected chi connectivity index (χ4v) is 5.00. The van der Waals surface area contributed by atoms with E-state index in [9.17, 15) is 4.57 Å². The molecule has 0 bridgehead atoms. The maximum Gasteiger partial charge on any atom is 0.203 e. The SMILES string of the molecule is CCOP1(=O)CCC(Cc2ccccc2)CC1. The molecular weight excluding hydrogens is 231 g/mol. The predicted octanol–water partition coefficient (Wildman–Crippen LogP) is 3.95. The molecule has 3 heteroatoms. The first kappa shape index (κ1) is 12.9. The summed E-state index contributed by atoms with van der Waals surface area (Å²) in [5.41, 5.74) is 1.39. The highest BCUT2D eigenvalue weighted by Crippen LogP contribution is 2.52. The van der Waals surface area contributed by atoms with E-state index < -0.39 is 7.37 Å². The van der Waals surface area contributed by atoms with Crippen LogP contribution in [0, 0.1) is 5.92 Å². The summed E-state index contributed by atoms with van der Waals surface area (Å²) in [6.07, 6.45) is 4.77. The minimum atomic E-state index is -2.26. The van der Waals surface area contributed by atoms with E-state index in [0.717, 1.165) is 31.6 Å². The van der Waals surface area contributed by atoms with Gasteiger partial charge in [0.2, 0.25) is 7.37 Å². The summed E-state index contributed by atoms with van der Waals surface area (Å²) >= 11 is 0. The molecule has 0 radical (unpaired) electrons. The standard InChI is InChI=1S/C14H21O2P/c1-2-16-17(15)10-8-14(9-11-17)12-13-6-4-3-5-7-13/h3-7,14H,2,8-12H2,1H3. The third-order valence-corrected chi connectivity index (χ3v) is 6.10. The fourth-order valence-electron chi connectivity index (χ4n) is 2.53.